The molecule has 0 heterocycles. The zero-order valence-corrected chi connectivity index (χ0v) is 15.7. The van der Waals surface area contributed by atoms with Gasteiger partial charge in [-0.15, -0.1) is 0 Å². The minimum Gasteiger partial charge on any atom is -0.393 e. The normalized spacial score (nSPS) is 62.9. The summed E-state index contributed by atoms with van der Waals surface area (Å²) in [5, 5.41) is 21.0. The number of aliphatic hydroxyl groups excluding tert-OH is 1. The Labute approximate surface area is 147 Å². The average Bonchev–Trinajstić information content (AvgIpc) is 3.19. The third kappa shape index (κ3) is 2.08. The molecule has 0 aromatic heterocycles. The molecule has 1 unspecified atom stereocenters. The molecule has 11 atom stereocenters. The summed E-state index contributed by atoms with van der Waals surface area (Å²) in [6, 6.07) is 0. The molecule has 136 valence electrons. The van der Waals surface area contributed by atoms with E-state index in [9.17, 15) is 10.2 Å². The second-order valence-corrected chi connectivity index (χ2v) is 11.0. The lowest BCUT2D eigenvalue weighted by molar-refractivity contribution is -0.116. The van der Waals surface area contributed by atoms with Crippen molar-refractivity contribution >= 4 is 0 Å². The van der Waals surface area contributed by atoms with E-state index in [1.807, 2.05) is 0 Å². The maximum atomic E-state index is 10.5. The van der Waals surface area contributed by atoms with Gasteiger partial charge >= 0.3 is 0 Å². The summed E-state index contributed by atoms with van der Waals surface area (Å²) in [5.41, 5.74) is 0.0134. The van der Waals surface area contributed by atoms with Crippen LogP contribution in [-0.2, 0) is 0 Å². The lowest BCUT2D eigenvalue weighted by Gasteiger charge is -2.58. The molecule has 0 bridgehead atoms. The summed E-state index contributed by atoms with van der Waals surface area (Å²) < 4.78 is 0. The van der Waals surface area contributed by atoms with Gasteiger partial charge in [0.2, 0.25) is 0 Å². The summed E-state index contributed by atoms with van der Waals surface area (Å²) in [6.07, 6.45) is 10.1. The van der Waals surface area contributed by atoms with E-state index in [0.29, 0.717) is 11.3 Å². The summed E-state index contributed by atoms with van der Waals surface area (Å²) in [4.78, 5) is 0. The highest BCUT2D eigenvalue weighted by atomic mass is 16.3. The van der Waals surface area contributed by atoms with Crippen molar-refractivity contribution in [2.75, 3.05) is 0 Å². The minimum atomic E-state index is -0.399. The predicted octanol–water partition coefficient (Wildman–Crippen LogP) is 4.24. The second kappa shape index (κ2) is 5.00. The zero-order chi connectivity index (χ0) is 16.9. The molecule has 5 aliphatic rings. The molecule has 5 saturated carbocycles. The van der Waals surface area contributed by atoms with Crippen molar-refractivity contribution in [2.24, 2.45) is 52.8 Å². The highest BCUT2D eigenvalue weighted by Crippen LogP contribution is 2.75. The van der Waals surface area contributed by atoms with Gasteiger partial charge in [0, 0.05) is 0 Å². The first-order valence-electron chi connectivity index (χ1n) is 10.7. The summed E-state index contributed by atoms with van der Waals surface area (Å²) in [6.45, 7) is 6.65. The van der Waals surface area contributed by atoms with Gasteiger partial charge in [-0.25, -0.2) is 0 Å². The first kappa shape index (κ1) is 16.1. The van der Waals surface area contributed by atoms with Crippen molar-refractivity contribution in [3.8, 4) is 0 Å². The molecule has 5 rings (SSSR count). The minimum absolute atomic E-state index is 0.118. The van der Waals surface area contributed by atoms with E-state index in [4.69, 9.17) is 0 Å². The van der Waals surface area contributed by atoms with Crippen LogP contribution in [0.2, 0.25) is 0 Å². The van der Waals surface area contributed by atoms with Crippen LogP contribution in [0.4, 0.5) is 0 Å². The molecule has 5 fully saturated rings. The first-order valence-corrected chi connectivity index (χ1v) is 10.7. The molecule has 2 heteroatoms. The van der Waals surface area contributed by atoms with Crippen LogP contribution in [-0.4, -0.2) is 21.9 Å². The number of hydrogen-bond acceptors (Lipinski definition) is 2. The van der Waals surface area contributed by atoms with E-state index in [0.717, 1.165) is 54.3 Å². The molecule has 0 spiro atoms. The number of hydrogen-bond donors (Lipinski definition) is 2. The van der Waals surface area contributed by atoms with Crippen LogP contribution in [0.5, 0.6) is 0 Å². The molecule has 2 nitrogen and oxygen atoms in total. The largest absolute Gasteiger partial charge is 0.393 e. The molecule has 5 aliphatic carbocycles. The van der Waals surface area contributed by atoms with Gasteiger partial charge < -0.3 is 10.2 Å². The number of aliphatic hydroxyl groups is 2. The Morgan fingerprint density at radius 1 is 0.875 bits per heavy atom. The number of fused-ring (bicyclic) bond motifs is 7. The van der Waals surface area contributed by atoms with Gasteiger partial charge in [-0.05, 0) is 118 Å². The summed E-state index contributed by atoms with van der Waals surface area (Å²) in [5.74, 6) is 6.75. The highest BCUT2D eigenvalue weighted by Gasteiger charge is 2.70. The van der Waals surface area contributed by atoms with Gasteiger partial charge in [-0.3, -0.25) is 0 Å². The summed E-state index contributed by atoms with van der Waals surface area (Å²) >= 11 is 0. The van der Waals surface area contributed by atoms with E-state index in [-0.39, 0.29) is 6.10 Å². The van der Waals surface area contributed by atoms with Crippen molar-refractivity contribution < 1.29 is 10.2 Å². The fourth-order valence-corrected chi connectivity index (χ4v) is 9.01. The molecule has 0 aromatic rings. The Bertz CT molecular complexity index is 526. The van der Waals surface area contributed by atoms with Crippen LogP contribution >= 0.6 is 0 Å². The van der Waals surface area contributed by atoms with E-state index in [1.165, 1.54) is 38.5 Å². The van der Waals surface area contributed by atoms with Crippen molar-refractivity contribution in [1.29, 1.82) is 0 Å². The van der Waals surface area contributed by atoms with E-state index in [2.05, 4.69) is 20.8 Å². The predicted molar refractivity (Wildman–Crippen MR) is 95.3 cm³/mol. The molecule has 0 saturated heterocycles. The molecular weight excluding hydrogens is 296 g/mol. The van der Waals surface area contributed by atoms with Gasteiger partial charge in [0.15, 0.2) is 0 Å². The Morgan fingerprint density at radius 2 is 1.62 bits per heavy atom. The fourth-order valence-electron chi connectivity index (χ4n) is 9.01. The van der Waals surface area contributed by atoms with Crippen molar-refractivity contribution in [3.63, 3.8) is 0 Å². The van der Waals surface area contributed by atoms with Crippen LogP contribution in [0.3, 0.4) is 0 Å². The van der Waals surface area contributed by atoms with Gasteiger partial charge in [0.1, 0.15) is 0 Å². The quantitative estimate of drug-likeness (QED) is 0.754. The van der Waals surface area contributed by atoms with Gasteiger partial charge in [0.25, 0.3) is 0 Å². The maximum Gasteiger partial charge on any atom is 0.0622 e. The second-order valence-electron chi connectivity index (χ2n) is 11.0. The van der Waals surface area contributed by atoms with Crippen molar-refractivity contribution in [3.05, 3.63) is 0 Å². The maximum absolute atomic E-state index is 10.5. The summed E-state index contributed by atoms with van der Waals surface area (Å²) in [7, 11) is 0. The topological polar surface area (TPSA) is 40.5 Å². The van der Waals surface area contributed by atoms with Crippen LogP contribution in [0.1, 0.15) is 72.1 Å². The van der Waals surface area contributed by atoms with Crippen LogP contribution in [0.25, 0.3) is 0 Å². The molecule has 2 N–H and O–H groups in total. The Morgan fingerprint density at radius 3 is 2.38 bits per heavy atom. The Kier molecular flexibility index (Phi) is 3.36. The zero-order valence-electron chi connectivity index (χ0n) is 15.7. The smallest absolute Gasteiger partial charge is 0.0622 e. The fraction of sp³-hybridized carbons (Fsp3) is 1.00. The van der Waals surface area contributed by atoms with Crippen LogP contribution in [0, 0.1) is 52.8 Å². The monoisotopic (exact) mass is 332 g/mol. The lowest BCUT2D eigenvalue weighted by Crippen LogP contribution is -2.52. The molecule has 0 amide bonds. The third-order valence-electron chi connectivity index (χ3n) is 9.63. The molecule has 0 aliphatic heterocycles. The van der Waals surface area contributed by atoms with E-state index >= 15 is 0 Å². The average molecular weight is 333 g/mol. The van der Waals surface area contributed by atoms with Crippen molar-refractivity contribution in [2.45, 2.75) is 83.8 Å². The third-order valence-corrected chi connectivity index (χ3v) is 9.63. The van der Waals surface area contributed by atoms with Gasteiger partial charge in [-0.1, -0.05) is 6.92 Å². The highest BCUT2D eigenvalue weighted by molar-refractivity contribution is 5.18. The number of rotatable bonds is 1. The molecular formula is C22H36O2. The molecule has 24 heavy (non-hydrogen) atoms. The van der Waals surface area contributed by atoms with Crippen LogP contribution in [0.15, 0.2) is 0 Å². The van der Waals surface area contributed by atoms with Gasteiger partial charge in [0.05, 0.1) is 11.7 Å². The lowest BCUT2D eigenvalue weighted by atomic mass is 9.47. The van der Waals surface area contributed by atoms with E-state index in [1.54, 1.807) is 0 Å². The van der Waals surface area contributed by atoms with Crippen molar-refractivity contribution in [1.82, 2.24) is 0 Å². The Balaban J connectivity index is 1.42. The van der Waals surface area contributed by atoms with E-state index < -0.39 is 5.60 Å². The SMILES string of the molecule is CC(O)[C@H]1[C@H]2C[C@H]2[C@H]2[C@@H]3CC[C@@H]4C[C@](C)(O)CC[C@@H]4[C@H]3CC[C@@]21C. The molecule has 0 radical (unpaired) electrons. The molecule has 0 aromatic carbocycles. The van der Waals surface area contributed by atoms with Gasteiger partial charge in [-0.2, -0.15) is 0 Å². The van der Waals surface area contributed by atoms with Crippen LogP contribution < -0.4 is 0 Å². The first-order chi connectivity index (χ1) is 11.3. The Hall–Kier alpha value is -0.0800. The standard InChI is InChI=1S/C22H36O2/c1-12(23)19-17-10-18(17)20-16-5-4-13-11-21(2,24)8-6-14(13)15(16)7-9-22(19,20)3/h12-20,23-24H,4-11H2,1-3H3/t12?,13-,14+,15-,16-,17+,18-,19+,20-,21-,22-/m1/s1.